The zero-order valence-corrected chi connectivity index (χ0v) is 9.95. The molecular weight excluding hydrogens is 232 g/mol. The van der Waals surface area contributed by atoms with Gasteiger partial charge in [0.15, 0.2) is 5.78 Å². The summed E-state index contributed by atoms with van der Waals surface area (Å²) in [6.07, 6.45) is 0.849. The van der Waals surface area contributed by atoms with Crippen LogP contribution in [0, 0.1) is 0 Å². The van der Waals surface area contributed by atoms with Crippen LogP contribution in [-0.2, 0) is 6.42 Å². The van der Waals surface area contributed by atoms with Gasteiger partial charge in [-0.25, -0.2) is 0 Å². The van der Waals surface area contributed by atoms with E-state index < -0.39 is 0 Å². The summed E-state index contributed by atoms with van der Waals surface area (Å²) in [4.78, 5) is 12.3. The van der Waals surface area contributed by atoms with Gasteiger partial charge in [-0.15, -0.1) is 0 Å². The molecule has 0 aromatic heterocycles. The lowest BCUT2D eigenvalue weighted by atomic mass is 9.74. The van der Waals surface area contributed by atoms with Crippen molar-refractivity contribution < 1.29 is 4.79 Å². The highest BCUT2D eigenvalue weighted by molar-refractivity contribution is 6.31. The molecule has 1 aliphatic carbocycles. The number of ketones is 1. The van der Waals surface area contributed by atoms with Crippen LogP contribution in [0.5, 0.6) is 0 Å². The molecule has 0 heterocycles. The summed E-state index contributed by atoms with van der Waals surface area (Å²) >= 11 is 5.90. The van der Waals surface area contributed by atoms with Crippen LogP contribution in [0.3, 0.4) is 0 Å². The van der Waals surface area contributed by atoms with Crippen LogP contribution in [-0.4, -0.2) is 5.78 Å². The molecule has 0 saturated carbocycles. The predicted octanol–water partition coefficient (Wildman–Crippen LogP) is 3.86. The van der Waals surface area contributed by atoms with Crippen LogP contribution in [0.25, 0.3) is 0 Å². The van der Waals surface area contributed by atoms with E-state index in [1.54, 1.807) is 12.1 Å². The lowest BCUT2D eigenvalue weighted by Gasteiger charge is -2.28. The maximum Gasteiger partial charge on any atom is 0.170 e. The fourth-order valence-corrected chi connectivity index (χ4v) is 2.53. The van der Waals surface area contributed by atoms with Crippen LogP contribution in [0.4, 0.5) is 0 Å². The minimum absolute atomic E-state index is 0.0182. The van der Waals surface area contributed by atoms with Crippen molar-refractivity contribution in [1.82, 2.24) is 0 Å². The lowest BCUT2D eigenvalue weighted by molar-refractivity contribution is 0.0949. The number of carbonyl (C=O) groups is 1. The Labute approximate surface area is 105 Å². The summed E-state index contributed by atoms with van der Waals surface area (Å²) in [5.74, 6) is 0.191. The highest BCUT2D eigenvalue weighted by Gasteiger charge is 2.32. The van der Waals surface area contributed by atoms with Crippen molar-refractivity contribution in [2.45, 2.75) is 12.3 Å². The van der Waals surface area contributed by atoms with Gasteiger partial charge >= 0.3 is 0 Å². The van der Waals surface area contributed by atoms with E-state index in [0.717, 1.165) is 12.0 Å². The molecule has 84 valence electrons. The first-order valence-electron chi connectivity index (χ1n) is 5.63. The second-order valence-corrected chi connectivity index (χ2v) is 4.77. The summed E-state index contributed by atoms with van der Waals surface area (Å²) in [6, 6.07) is 15.3. The molecule has 0 bridgehead atoms. The van der Waals surface area contributed by atoms with Gasteiger partial charge < -0.3 is 0 Å². The summed E-state index contributed by atoms with van der Waals surface area (Å²) in [5, 5.41) is 0.614. The van der Waals surface area contributed by atoms with Gasteiger partial charge in [-0.3, -0.25) is 4.79 Å². The Morgan fingerprint density at radius 1 is 1.12 bits per heavy atom. The van der Waals surface area contributed by atoms with Crippen molar-refractivity contribution in [1.29, 1.82) is 0 Å². The van der Waals surface area contributed by atoms with Crippen LogP contribution >= 0.6 is 11.6 Å². The van der Waals surface area contributed by atoms with Gasteiger partial charge in [0.25, 0.3) is 0 Å². The Balaban J connectivity index is 1.91. The van der Waals surface area contributed by atoms with E-state index in [9.17, 15) is 4.79 Å². The molecule has 0 radical (unpaired) electrons. The second-order valence-electron chi connectivity index (χ2n) is 4.33. The number of Topliss-reactive ketones (excluding diaryl/α,β-unsaturated/α-hetero) is 1. The van der Waals surface area contributed by atoms with Gasteiger partial charge in [0, 0.05) is 10.6 Å². The van der Waals surface area contributed by atoms with Gasteiger partial charge in [-0.1, -0.05) is 48.0 Å². The summed E-state index contributed by atoms with van der Waals surface area (Å²) in [6.45, 7) is 0. The van der Waals surface area contributed by atoms with E-state index in [0.29, 0.717) is 10.6 Å². The number of hydrogen-bond donors (Lipinski definition) is 0. The molecule has 0 N–H and O–H groups in total. The molecular formula is C15H11ClO. The largest absolute Gasteiger partial charge is 0.293 e. The highest BCUT2D eigenvalue weighted by atomic mass is 35.5. The van der Waals surface area contributed by atoms with Crippen LogP contribution in [0.1, 0.15) is 27.4 Å². The zero-order chi connectivity index (χ0) is 11.8. The third-order valence-corrected chi connectivity index (χ3v) is 3.52. The molecule has 0 aliphatic heterocycles. The fourth-order valence-electron chi connectivity index (χ4n) is 2.34. The number of fused-ring (bicyclic) bond motifs is 1. The molecule has 1 aliphatic rings. The highest BCUT2D eigenvalue weighted by Crippen LogP contribution is 2.37. The molecule has 0 amide bonds. The number of benzene rings is 2. The van der Waals surface area contributed by atoms with Gasteiger partial charge in [-0.2, -0.15) is 0 Å². The number of rotatable bonds is 2. The van der Waals surface area contributed by atoms with Crippen molar-refractivity contribution >= 4 is 17.4 Å². The number of carbonyl (C=O) groups excluding carboxylic acids is 1. The molecule has 2 heteroatoms. The minimum atomic E-state index is 0.0182. The van der Waals surface area contributed by atoms with Gasteiger partial charge in [-0.05, 0) is 29.7 Å². The third kappa shape index (κ3) is 1.77. The Morgan fingerprint density at radius 2 is 1.94 bits per heavy atom. The quantitative estimate of drug-likeness (QED) is 0.731. The Hall–Kier alpha value is -1.60. The second kappa shape index (κ2) is 4.01. The lowest BCUT2D eigenvalue weighted by Crippen LogP contribution is -2.25. The van der Waals surface area contributed by atoms with E-state index in [1.807, 2.05) is 30.3 Å². The number of hydrogen-bond acceptors (Lipinski definition) is 1. The maximum absolute atomic E-state index is 12.3. The zero-order valence-electron chi connectivity index (χ0n) is 9.19. The van der Waals surface area contributed by atoms with E-state index in [-0.39, 0.29) is 11.7 Å². The molecule has 0 fully saturated rings. The predicted molar refractivity (Wildman–Crippen MR) is 68.7 cm³/mol. The van der Waals surface area contributed by atoms with Crippen LogP contribution in [0.15, 0.2) is 48.5 Å². The molecule has 1 nitrogen and oxygen atoms in total. The van der Waals surface area contributed by atoms with E-state index in [4.69, 9.17) is 11.6 Å². The molecule has 0 saturated heterocycles. The number of halogens is 1. The Morgan fingerprint density at radius 3 is 2.71 bits per heavy atom. The first kappa shape index (κ1) is 10.5. The molecule has 17 heavy (non-hydrogen) atoms. The monoisotopic (exact) mass is 242 g/mol. The molecule has 0 spiro atoms. The van der Waals surface area contributed by atoms with Crippen molar-refractivity contribution in [2.75, 3.05) is 0 Å². The molecule has 2 aromatic rings. The van der Waals surface area contributed by atoms with E-state index >= 15 is 0 Å². The smallest absolute Gasteiger partial charge is 0.170 e. The Kier molecular flexibility index (Phi) is 2.49. The maximum atomic E-state index is 12.3. The SMILES string of the molecule is O=C(c1cccc(Cl)c1)C1Cc2ccccc21. The standard InChI is InChI=1S/C15H11ClO/c16-12-6-3-5-11(8-12)15(17)14-9-10-4-1-2-7-13(10)14/h1-8,14H,9H2. The van der Waals surface area contributed by atoms with Crippen LogP contribution < -0.4 is 0 Å². The van der Waals surface area contributed by atoms with Crippen molar-refractivity contribution in [3.8, 4) is 0 Å². The first-order valence-corrected chi connectivity index (χ1v) is 6.01. The summed E-state index contributed by atoms with van der Waals surface area (Å²) in [5.41, 5.74) is 3.15. The van der Waals surface area contributed by atoms with Gasteiger partial charge in [0.2, 0.25) is 0 Å². The van der Waals surface area contributed by atoms with E-state index in [2.05, 4.69) is 6.07 Å². The van der Waals surface area contributed by atoms with Crippen molar-refractivity contribution in [3.05, 3.63) is 70.2 Å². The minimum Gasteiger partial charge on any atom is -0.293 e. The molecule has 2 aromatic carbocycles. The van der Waals surface area contributed by atoms with Crippen molar-refractivity contribution in [2.24, 2.45) is 0 Å². The molecule has 1 atom stereocenters. The Bertz CT molecular complexity index is 589. The average molecular weight is 243 g/mol. The van der Waals surface area contributed by atoms with Gasteiger partial charge in [0.1, 0.15) is 0 Å². The molecule has 1 unspecified atom stereocenters. The first-order chi connectivity index (χ1) is 8.25. The normalized spacial score (nSPS) is 17.1. The van der Waals surface area contributed by atoms with Crippen LogP contribution in [0.2, 0.25) is 5.02 Å². The topological polar surface area (TPSA) is 17.1 Å². The average Bonchev–Trinajstić information content (AvgIpc) is 2.30. The van der Waals surface area contributed by atoms with Crippen molar-refractivity contribution in [3.63, 3.8) is 0 Å². The summed E-state index contributed by atoms with van der Waals surface area (Å²) < 4.78 is 0. The van der Waals surface area contributed by atoms with E-state index in [1.165, 1.54) is 5.56 Å². The third-order valence-electron chi connectivity index (χ3n) is 3.28. The molecule has 3 rings (SSSR count). The van der Waals surface area contributed by atoms with Gasteiger partial charge in [0.05, 0.1) is 5.92 Å². The fraction of sp³-hybridized carbons (Fsp3) is 0.133. The summed E-state index contributed by atoms with van der Waals surface area (Å²) in [7, 11) is 0.